The van der Waals surface area contributed by atoms with Crippen LogP contribution in [0.25, 0.3) is 0 Å². The summed E-state index contributed by atoms with van der Waals surface area (Å²) < 4.78 is 0. The van der Waals surface area contributed by atoms with Gasteiger partial charge in [0.25, 0.3) is 0 Å². The zero-order valence-corrected chi connectivity index (χ0v) is 10.5. The van der Waals surface area contributed by atoms with Gasteiger partial charge in [0.15, 0.2) is 0 Å². The zero-order valence-electron chi connectivity index (χ0n) is 10.5. The summed E-state index contributed by atoms with van der Waals surface area (Å²) in [7, 11) is 0. The van der Waals surface area contributed by atoms with Crippen LogP contribution < -0.4 is 11.1 Å². The van der Waals surface area contributed by atoms with E-state index in [1.54, 1.807) is 0 Å². The van der Waals surface area contributed by atoms with Crippen LogP contribution >= 0.6 is 0 Å². The van der Waals surface area contributed by atoms with Crippen LogP contribution in [0.4, 0.5) is 0 Å². The second-order valence-corrected chi connectivity index (χ2v) is 4.50. The van der Waals surface area contributed by atoms with E-state index in [4.69, 9.17) is 5.73 Å². The Balaban J connectivity index is 2.36. The maximum Gasteiger partial charge on any atom is 0.0208 e. The maximum atomic E-state index is 5.70. The quantitative estimate of drug-likeness (QED) is 0.741. The van der Waals surface area contributed by atoms with Gasteiger partial charge in [-0.25, -0.2) is 0 Å². The van der Waals surface area contributed by atoms with Gasteiger partial charge in [-0.05, 0) is 30.0 Å². The first-order valence-electron chi connectivity index (χ1n) is 6.25. The van der Waals surface area contributed by atoms with E-state index in [1.807, 2.05) is 6.07 Å². The van der Waals surface area contributed by atoms with Crippen LogP contribution in [0.1, 0.15) is 37.8 Å². The molecule has 1 aromatic rings. The Labute approximate surface area is 99.2 Å². The summed E-state index contributed by atoms with van der Waals surface area (Å²) in [6.07, 6.45) is 2.56. The summed E-state index contributed by atoms with van der Waals surface area (Å²) >= 11 is 0. The fraction of sp³-hybridized carbons (Fsp3) is 0.571. The van der Waals surface area contributed by atoms with Crippen LogP contribution in [0.2, 0.25) is 0 Å². The summed E-state index contributed by atoms with van der Waals surface area (Å²) in [5, 5.41) is 3.51. The van der Waals surface area contributed by atoms with E-state index < -0.39 is 0 Å². The van der Waals surface area contributed by atoms with E-state index in [9.17, 15) is 0 Å². The van der Waals surface area contributed by atoms with Gasteiger partial charge in [0.2, 0.25) is 0 Å². The molecule has 0 fully saturated rings. The molecule has 0 radical (unpaired) electrons. The monoisotopic (exact) mass is 220 g/mol. The lowest BCUT2D eigenvalue weighted by molar-refractivity contribution is 0.475. The van der Waals surface area contributed by atoms with Gasteiger partial charge < -0.3 is 11.1 Å². The van der Waals surface area contributed by atoms with Gasteiger partial charge in [0, 0.05) is 13.1 Å². The van der Waals surface area contributed by atoms with Gasteiger partial charge in [0.05, 0.1) is 0 Å². The minimum atomic E-state index is 0.627. The van der Waals surface area contributed by atoms with Crippen molar-refractivity contribution in [3.63, 3.8) is 0 Å². The summed E-state index contributed by atoms with van der Waals surface area (Å²) in [6, 6.07) is 8.38. The molecule has 2 heteroatoms. The molecule has 0 saturated heterocycles. The summed E-state index contributed by atoms with van der Waals surface area (Å²) in [4.78, 5) is 0. The molecule has 0 amide bonds. The highest BCUT2D eigenvalue weighted by atomic mass is 14.9. The van der Waals surface area contributed by atoms with Crippen molar-refractivity contribution in [1.82, 2.24) is 5.32 Å². The third-order valence-electron chi connectivity index (χ3n) is 2.93. The van der Waals surface area contributed by atoms with Crippen molar-refractivity contribution in [3.05, 3.63) is 35.4 Å². The number of hydrogen-bond donors (Lipinski definition) is 2. The lowest BCUT2D eigenvalue weighted by atomic mass is 10.1. The smallest absolute Gasteiger partial charge is 0.0208 e. The molecule has 0 heterocycles. The molecule has 1 atom stereocenters. The Morgan fingerprint density at radius 3 is 2.56 bits per heavy atom. The van der Waals surface area contributed by atoms with Crippen LogP contribution in [0, 0.1) is 5.92 Å². The van der Waals surface area contributed by atoms with Gasteiger partial charge in [0.1, 0.15) is 0 Å². The molecule has 1 unspecified atom stereocenters. The minimum absolute atomic E-state index is 0.627. The maximum absolute atomic E-state index is 5.70. The van der Waals surface area contributed by atoms with E-state index in [2.05, 4.69) is 37.4 Å². The molecule has 16 heavy (non-hydrogen) atoms. The standard InChI is InChI=1S/C14H24N2/c1-3-6-12(2)10-16-11-14-8-5-4-7-13(14)9-15/h4-5,7-8,12,16H,3,6,9-11,15H2,1-2H3. The van der Waals surface area contributed by atoms with Crippen molar-refractivity contribution in [2.45, 2.75) is 39.8 Å². The Bertz CT molecular complexity index is 297. The Morgan fingerprint density at radius 2 is 1.94 bits per heavy atom. The van der Waals surface area contributed by atoms with Crippen LogP contribution in [0.3, 0.4) is 0 Å². The molecule has 0 aliphatic heterocycles. The molecule has 3 N–H and O–H groups in total. The highest BCUT2D eigenvalue weighted by molar-refractivity contribution is 5.26. The largest absolute Gasteiger partial charge is 0.326 e. The van der Waals surface area contributed by atoms with Gasteiger partial charge in [-0.2, -0.15) is 0 Å². The highest BCUT2D eigenvalue weighted by Gasteiger charge is 2.02. The molecule has 1 rings (SSSR count). The van der Waals surface area contributed by atoms with Crippen molar-refractivity contribution in [3.8, 4) is 0 Å². The highest BCUT2D eigenvalue weighted by Crippen LogP contribution is 2.08. The van der Waals surface area contributed by atoms with Crippen molar-refractivity contribution in [2.24, 2.45) is 11.7 Å². The number of nitrogens with one attached hydrogen (secondary N) is 1. The van der Waals surface area contributed by atoms with E-state index >= 15 is 0 Å². The third-order valence-corrected chi connectivity index (χ3v) is 2.93. The first-order valence-corrected chi connectivity index (χ1v) is 6.25. The van der Waals surface area contributed by atoms with Gasteiger partial charge in [-0.15, -0.1) is 0 Å². The number of nitrogens with two attached hydrogens (primary N) is 1. The van der Waals surface area contributed by atoms with Crippen molar-refractivity contribution >= 4 is 0 Å². The van der Waals surface area contributed by atoms with Crippen molar-refractivity contribution in [2.75, 3.05) is 6.54 Å². The van der Waals surface area contributed by atoms with E-state index in [1.165, 1.54) is 24.0 Å². The van der Waals surface area contributed by atoms with Crippen molar-refractivity contribution in [1.29, 1.82) is 0 Å². The van der Waals surface area contributed by atoms with Gasteiger partial charge in [-0.1, -0.05) is 44.5 Å². The van der Waals surface area contributed by atoms with Crippen LogP contribution in [-0.2, 0) is 13.1 Å². The zero-order chi connectivity index (χ0) is 11.8. The number of hydrogen-bond acceptors (Lipinski definition) is 2. The lowest BCUT2D eigenvalue weighted by Crippen LogP contribution is -2.21. The average Bonchev–Trinajstić information content (AvgIpc) is 2.30. The normalized spacial score (nSPS) is 12.7. The SMILES string of the molecule is CCCC(C)CNCc1ccccc1CN. The van der Waals surface area contributed by atoms with Crippen molar-refractivity contribution < 1.29 is 0 Å². The molecule has 90 valence electrons. The summed E-state index contributed by atoms with van der Waals surface area (Å²) in [5.41, 5.74) is 8.28. The van der Waals surface area contributed by atoms with Crippen LogP contribution in [0.15, 0.2) is 24.3 Å². The second kappa shape index (κ2) is 7.42. The van der Waals surface area contributed by atoms with Gasteiger partial charge >= 0.3 is 0 Å². The topological polar surface area (TPSA) is 38.0 Å². The fourth-order valence-electron chi connectivity index (χ4n) is 1.98. The number of rotatable bonds is 7. The molecule has 0 aromatic heterocycles. The molecular formula is C14H24N2. The van der Waals surface area contributed by atoms with Gasteiger partial charge in [-0.3, -0.25) is 0 Å². The molecule has 2 nitrogen and oxygen atoms in total. The Kier molecular flexibility index (Phi) is 6.12. The van der Waals surface area contributed by atoms with E-state index in [0.29, 0.717) is 6.54 Å². The Hall–Kier alpha value is -0.860. The molecule has 0 saturated carbocycles. The minimum Gasteiger partial charge on any atom is -0.326 e. The molecule has 0 aliphatic carbocycles. The number of benzene rings is 1. The lowest BCUT2D eigenvalue weighted by Gasteiger charge is -2.13. The van der Waals surface area contributed by atoms with Crippen LogP contribution in [0.5, 0.6) is 0 Å². The second-order valence-electron chi connectivity index (χ2n) is 4.50. The summed E-state index contributed by atoms with van der Waals surface area (Å²) in [6.45, 7) is 7.18. The average molecular weight is 220 g/mol. The molecular weight excluding hydrogens is 196 g/mol. The fourth-order valence-corrected chi connectivity index (χ4v) is 1.98. The van der Waals surface area contributed by atoms with Crippen LogP contribution in [-0.4, -0.2) is 6.54 Å². The molecule has 1 aromatic carbocycles. The first kappa shape index (κ1) is 13.2. The molecule has 0 aliphatic rings. The third kappa shape index (κ3) is 4.33. The predicted molar refractivity (Wildman–Crippen MR) is 70.1 cm³/mol. The summed E-state index contributed by atoms with van der Waals surface area (Å²) in [5.74, 6) is 0.759. The predicted octanol–water partition coefficient (Wildman–Crippen LogP) is 2.67. The Morgan fingerprint density at radius 1 is 1.25 bits per heavy atom. The van der Waals surface area contributed by atoms with E-state index in [-0.39, 0.29) is 0 Å². The first-order chi connectivity index (χ1) is 7.77. The van der Waals surface area contributed by atoms with E-state index in [0.717, 1.165) is 19.0 Å². The molecule has 0 spiro atoms. The molecule has 0 bridgehead atoms.